The van der Waals surface area contributed by atoms with E-state index < -0.39 is 15.4 Å². The lowest BCUT2D eigenvalue weighted by molar-refractivity contribution is -0.122. The van der Waals surface area contributed by atoms with E-state index in [0.29, 0.717) is 0 Å². The first kappa shape index (κ1) is 11.5. The third kappa shape index (κ3) is 3.63. The van der Waals surface area contributed by atoms with E-state index in [1.54, 1.807) is 0 Å². The van der Waals surface area contributed by atoms with Gasteiger partial charge in [-0.25, -0.2) is 8.42 Å². The van der Waals surface area contributed by atoms with Gasteiger partial charge in [0.05, 0.1) is 17.9 Å². The van der Waals surface area contributed by atoms with Crippen LogP contribution < -0.4 is 5.32 Å². The molecule has 1 amide bonds. The van der Waals surface area contributed by atoms with Crippen LogP contribution in [-0.4, -0.2) is 43.6 Å². The Labute approximate surface area is 83.4 Å². The van der Waals surface area contributed by atoms with E-state index in [-0.39, 0.29) is 24.7 Å². The summed E-state index contributed by atoms with van der Waals surface area (Å²) in [7, 11) is -3.08. The van der Waals surface area contributed by atoms with Gasteiger partial charge in [0.25, 0.3) is 0 Å². The molecular formula is C8H15NO4S. The fourth-order valence-electron chi connectivity index (χ4n) is 1.11. The molecule has 0 unspecified atom stereocenters. The van der Waals surface area contributed by atoms with Crippen LogP contribution in [0.3, 0.4) is 0 Å². The van der Waals surface area contributed by atoms with Crippen LogP contribution in [0.2, 0.25) is 0 Å². The molecule has 1 saturated carbocycles. The number of hydrogen-bond donors (Lipinski definition) is 2. The maximum atomic E-state index is 11.2. The molecule has 0 spiro atoms. The molecule has 1 fully saturated rings. The highest BCUT2D eigenvalue weighted by atomic mass is 32.2. The number of amides is 1. The van der Waals surface area contributed by atoms with Gasteiger partial charge in [-0.05, 0) is 12.8 Å². The Bertz CT molecular complexity index is 318. The van der Waals surface area contributed by atoms with Crippen LogP contribution in [0.15, 0.2) is 0 Å². The van der Waals surface area contributed by atoms with Crippen molar-refractivity contribution in [3.8, 4) is 0 Å². The van der Waals surface area contributed by atoms with Gasteiger partial charge in [-0.15, -0.1) is 0 Å². The normalized spacial score (nSPS) is 19.0. The molecule has 0 heterocycles. The Morgan fingerprint density at radius 1 is 1.50 bits per heavy atom. The second-order valence-electron chi connectivity index (χ2n) is 3.87. The number of hydrogen-bond acceptors (Lipinski definition) is 4. The van der Waals surface area contributed by atoms with Gasteiger partial charge in [0.2, 0.25) is 5.91 Å². The van der Waals surface area contributed by atoms with Crippen molar-refractivity contribution in [3.05, 3.63) is 0 Å². The lowest BCUT2D eigenvalue weighted by Crippen LogP contribution is -2.40. The van der Waals surface area contributed by atoms with Crippen LogP contribution in [-0.2, 0) is 14.6 Å². The van der Waals surface area contributed by atoms with E-state index in [4.69, 9.17) is 5.11 Å². The van der Waals surface area contributed by atoms with Gasteiger partial charge in [-0.3, -0.25) is 4.79 Å². The quantitative estimate of drug-likeness (QED) is 0.628. The van der Waals surface area contributed by atoms with E-state index in [2.05, 4.69) is 5.32 Å². The molecule has 14 heavy (non-hydrogen) atoms. The summed E-state index contributed by atoms with van der Waals surface area (Å²) in [5, 5.41) is 11.5. The fraction of sp³-hybridized carbons (Fsp3) is 0.875. The highest BCUT2D eigenvalue weighted by Crippen LogP contribution is 2.34. The van der Waals surface area contributed by atoms with Crippen molar-refractivity contribution in [2.75, 3.05) is 18.6 Å². The highest BCUT2D eigenvalue weighted by molar-refractivity contribution is 7.90. The Morgan fingerprint density at radius 2 is 2.07 bits per heavy atom. The first-order valence-corrected chi connectivity index (χ1v) is 6.53. The Hall–Kier alpha value is -0.620. The van der Waals surface area contributed by atoms with Gasteiger partial charge >= 0.3 is 0 Å². The number of rotatable bonds is 5. The number of aliphatic hydroxyl groups is 1. The molecular weight excluding hydrogens is 206 g/mol. The average Bonchev–Trinajstić information content (AvgIpc) is 2.81. The van der Waals surface area contributed by atoms with E-state index >= 15 is 0 Å². The zero-order valence-electron chi connectivity index (χ0n) is 8.12. The summed E-state index contributed by atoms with van der Waals surface area (Å²) >= 11 is 0. The number of nitrogens with one attached hydrogen (secondary N) is 1. The van der Waals surface area contributed by atoms with Crippen LogP contribution in [0.4, 0.5) is 0 Å². The SMILES string of the molecule is CS(=O)(=O)CCC(=O)NC1(CO)CC1. The Kier molecular flexibility index (Phi) is 3.16. The minimum absolute atomic E-state index is 0.0272. The summed E-state index contributed by atoms with van der Waals surface area (Å²) in [6, 6.07) is 0. The molecule has 6 heteroatoms. The monoisotopic (exact) mass is 221 g/mol. The zero-order chi connectivity index (χ0) is 10.8. The molecule has 0 aromatic heterocycles. The van der Waals surface area contributed by atoms with Crippen LogP contribution in [0.1, 0.15) is 19.3 Å². The summed E-state index contributed by atoms with van der Waals surface area (Å²) in [6.07, 6.45) is 2.61. The van der Waals surface area contributed by atoms with Crippen molar-refractivity contribution in [3.63, 3.8) is 0 Å². The van der Waals surface area contributed by atoms with Crippen molar-refractivity contribution < 1.29 is 18.3 Å². The first-order valence-electron chi connectivity index (χ1n) is 4.46. The maximum absolute atomic E-state index is 11.2. The van der Waals surface area contributed by atoms with Crippen LogP contribution in [0, 0.1) is 0 Å². The predicted molar refractivity (Wildman–Crippen MR) is 51.5 cm³/mol. The number of carbonyl (C=O) groups excluding carboxylic acids is 1. The highest BCUT2D eigenvalue weighted by Gasteiger charge is 2.43. The molecule has 0 saturated heterocycles. The maximum Gasteiger partial charge on any atom is 0.221 e. The molecule has 1 rings (SSSR count). The van der Waals surface area contributed by atoms with Gasteiger partial charge in [0, 0.05) is 12.7 Å². The van der Waals surface area contributed by atoms with Crippen molar-refractivity contribution in [1.82, 2.24) is 5.32 Å². The van der Waals surface area contributed by atoms with Gasteiger partial charge in [-0.2, -0.15) is 0 Å². The van der Waals surface area contributed by atoms with Crippen LogP contribution in [0.25, 0.3) is 0 Å². The third-order valence-electron chi connectivity index (χ3n) is 2.26. The summed E-state index contributed by atoms with van der Waals surface area (Å²) in [4.78, 5) is 11.2. The topological polar surface area (TPSA) is 83.5 Å². The molecule has 5 nitrogen and oxygen atoms in total. The standard InChI is InChI=1S/C8H15NO4S/c1-14(12,13)5-2-7(11)9-8(6-10)3-4-8/h10H,2-6H2,1H3,(H,9,11). The molecule has 0 radical (unpaired) electrons. The molecule has 0 aromatic rings. The fourth-order valence-corrected chi connectivity index (χ4v) is 1.67. The van der Waals surface area contributed by atoms with Crippen LogP contribution >= 0.6 is 0 Å². The summed E-state index contributed by atoms with van der Waals surface area (Å²) < 4.78 is 21.5. The minimum Gasteiger partial charge on any atom is -0.394 e. The van der Waals surface area contributed by atoms with Gasteiger partial charge in [0.15, 0.2) is 0 Å². The second kappa shape index (κ2) is 3.86. The zero-order valence-corrected chi connectivity index (χ0v) is 8.93. The van der Waals surface area contributed by atoms with E-state index in [1.807, 2.05) is 0 Å². The minimum atomic E-state index is -3.08. The molecule has 2 N–H and O–H groups in total. The lowest BCUT2D eigenvalue weighted by atomic mass is 10.3. The van der Waals surface area contributed by atoms with Crippen molar-refractivity contribution in [1.29, 1.82) is 0 Å². The second-order valence-corrected chi connectivity index (χ2v) is 6.13. The number of carbonyl (C=O) groups is 1. The third-order valence-corrected chi connectivity index (χ3v) is 3.21. The molecule has 82 valence electrons. The lowest BCUT2D eigenvalue weighted by Gasteiger charge is -2.13. The van der Waals surface area contributed by atoms with Gasteiger partial charge in [-0.1, -0.05) is 0 Å². The van der Waals surface area contributed by atoms with Gasteiger partial charge < -0.3 is 10.4 Å². The average molecular weight is 221 g/mol. The molecule has 0 aromatic carbocycles. The molecule has 1 aliphatic rings. The van der Waals surface area contributed by atoms with Gasteiger partial charge in [0.1, 0.15) is 9.84 Å². The Balaban J connectivity index is 2.30. The molecule has 0 aliphatic heterocycles. The van der Waals surface area contributed by atoms with Crippen LogP contribution in [0.5, 0.6) is 0 Å². The summed E-state index contributed by atoms with van der Waals surface area (Å²) in [5.41, 5.74) is -0.450. The first-order chi connectivity index (χ1) is 6.37. The molecule has 0 bridgehead atoms. The van der Waals surface area contributed by atoms with Crippen molar-refractivity contribution in [2.24, 2.45) is 0 Å². The number of sulfone groups is 1. The summed E-state index contributed by atoms with van der Waals surface area (Å²) in [6.45, 7) is -0.0718. The largest absolute Gasteiger partial charge is 0.394 e. The Morgan fingerprint density at radius 3 is 2.43 bits per heavy atom. The summed E-state index contributed by atoms with van der Waals surface area (Å²) in [5.74, 6) is -0.442. The predicted octanol–water partition coefficient (Wildman–Crippen LogP) is -0.938. The van der Waals surface area contributed by atoms with E-state index in [1.165, 1.54) is 0 Å². The van der Waals surface area contributed by atoms with Crippen molar-refractivity contribution in [2.45, 2.75) is 24.8 Å². The molecule has 1 aliphatic carbocycles. The van der Waals surface area contributed by atoms with E-state index in [9.17, 15) is 13.2 Å². The number of aliphatic hydroxyl groups excluding tert-OH is 1. The molecule has 0 atom stereocenters. The van der Waals surface area contributed by atoms with Crippen molar-refractivity contribution >= 4 is 15.7 Å². The smallest absolute Gasteiger partial charge is 0.221 e. The van der Waals surface area contributed by atoms with E-state index in [0.717, 1.165) is 19.1 Å².